The lowest BCUT2D eigenvalue weighted by atomic mass is 10.2. The van der Waals surface area contributed by atoms with Gasteiger partial charge in [0.25, 0.3) is 11.3 Å². The van der Waals surface area contributed by atoms with E-state index in [1.165, 1.54) is 22.5 Å². The van der Waals surface area contributed by atoms with Crippen LogP contribution in [0.15, 0.2) is 52.7 Å². The molecular formula is C19H17N5O3S. The summed E-state index contributed by atoms with van der Waals surface area (Å²) in [4.78, 5) is 33.4. The third kappa shape index (κ3) is 3.13. The molecule has 0 saturated heterocycles. The van der Waals surface area contributed by atoms with E-state index in [1.54, 1.807) is 48.0 Å². The van der Waals surface area contributed by atoms with Gasteiger partial charge in [0.2, 0.25) is 5.16 Å². The summed E-state index contributed by atoms with van der Waals surface area (Å²) in [5.74, 6) is 0.918. The third-order valence-electron chi connectivity index (χ3n) is 4.14. The molecule has 28 heavy (non-hydrogen) atoms. The predicted molar refractivity (Wildman–Crippen MR) is 106 cm³/mol. The number of benzene rings is 1. The Morgan fingerprint density at radius 1 is 1.18 bits per heavy atom. The Labute approximate surface area is 164 Å². The lowest BCUT2D eigenvalue weighted by Crippen LogP contribution is -2.19. The first-order chi connectivity index (χ1) is 13.6. The summed E-state index contributed by atoms with van der Waals surface area (Å²) < 4.78 is 8.07. The number of thioether (sulfide) groups is 1. The summed E-state index contributed by atoms with van der Waals surface area (Å²) in [6.45, 7) is 4.09. The zero-order chi connectivity index (χ0) is 19.7. The molecule has 0 saturated carbocycles. The second-order valence-electron chi connectivity index (χ2n) is 5.85. The Morgan fingerprint density at radius 2 is 1.96 bits per heavy atom. The van der Waals surface area contributed by atoms with Gasteiger partial charge < -0.3 is 4.74 Å². The molecule has 3 heterocycles. The smallest absolute Gasteiger partial charge is 0.338 e. The van der Waals surface area contributed by atoms with E-state index in [0.717, 1.165) is 5.75 Å². The molecule has 142 valence electrons. The van der Waals surface area contributed by atoms with Crippen LogP contribution in [0.4, 0.5) is 0 Å². The topological polar surface area (TPSA) is 91.4 Å². The monoisotopic (exact) mass is 395 g/mol. The normalized spacial score (nSPS) is 11.2. The van der Waals surface area contributed by atoms with Crippen molar-refractivity contribution in [1.82, 2.24) is 24.1 Å². The van der Waals surface area contributed by atoms with Crippen LogP contribution < -0.4 is 5.56 Å². The van der Waals surface area contributed by atoms with Crippen LogP contribution in [0.5, 0.6) is 0 Å². The number of fused-ring (bicyclic) bond motifs is 3. The summed E-state index contributed by atoms with van der Waals surface area (Å²) in [6.07, 6.45) is 3.20. The van der Waals surface area contributed by atoms with Crippen molar-refractivity contribution in [2.45, 2.75) is 19.0 Å². The standard InChI is InChI=1S/C19H17N5O3S/c1-3-27-17(26)12-5-7-13(8-6-12)23-10-9-15-14(16(23)25)11-20-18-21-19(28-4-2)22-24(15)18/h5-11H,3-4H2,1-2H3. The molecule has 1 aromatic carbocycles. The van der Waals surface area contributed by atoms with E-state index in [4.69, 9.17) is 4.74 Å². The van der Waals surface area contributed by atoms with Crippen molar-refractivity contribution in [2.24, 2.45) is 0 Å². The summed E-state index contributed by atoms with van der Waals surface area (Å²) in [6, 6.07) is 8.49. The summed E-state index contributed by atoms with van der Waals surface area (Å²) in [7, 11) is 0. The van der Waals surface area contributed by atoms with E-state index < -0.39 is 5.97 Å². The predicted octanol–water partition coefficient (Wildman–Crippen LogP) is 2.72. The lowest BCUT2D eigenvalue weighted by Gasteiger charge is -2.08. The maximum atomic E-state index is 13.0. The Kier molecular flexibility index (Phi) is 4.82. The molecule has 3 aromatic heterocycles. The number of carbonyl (C=O) groups excluding carboxylic acids is 1. The molecule has 0 radical (unpaired) electrons. The number of pyridine rings is 1. The molecule has 0 aliphatic heterocycles. The van der Waals surface area contributed by atoms with Crippen LogP contribution in [0, 0.1) is 0 Å². The Hall–Kier alpha value is -3.20. The number of aromatic nitrogens is 5. The molecule has 9 heteroatoms. The van der Waals surface area contributed by atoms with Crippen molar-refractivity contribution in [2.75, 3.05) is 12.4 Å². The minimum atomic E-state index is -0.390. The second kappa shape index (κ2) is 7.43. The van der Waals surface area contributed by atoms with Gasteiger partial charge in [-0.15, -0.1) is 5.10 Å². The van der Waals surface area contributed by atoms with Gasteiger partial charge in [-0.2, -0.15) is 9.50 Å². The quantitative estimate of drug-likeness (QED) is 0.379. The maximum Gasteiger partial charge on any atom is 0.338 e. The molecule has 0 spiro atoms. The van der Waals surface area contributed by atoms with Gasteiger partial charge in [-0.05, 0) is 43.0 Å². The van der Waals surface area contributed by atoms with Crippen molar-refractivity contribution >= 4 is 34.4 Å². The molecule has 0 amide bonds. The minimum Gasteiger partial charge on any atom is -0.462 e. The molecular weight excluding hydrogens is 378 g/mol. The average molecular weight is 395 g/mol. The number of esters is 1. The highest BCUT2D eigenvalue weighted by molar-refractivity contribution is 7.99. The van der Waals surface area contributed by atoms with Gasteiger partial charge in [-0.25, -0.2) is 9.78 Å². The van der Waals surface area contributed by atoms with E-state index in [9.17, 15) is 9.59 Å². The first-order valence-electron chi connectivity index (χ1n) is 8.80. The van der Waals surface area contributed by atoms with Gasteiger partial charge >= 0.3 is 5.97 Å². The first kappa shape index (κ1) is 18.2. The van der Waals surface area contributed by atoms with Gasteiger partial charge in [-0.3, -0.25) is 9.36 Å². The minimum absolute atomic E-state index is 0.226. The van der Waals surface area contributed by atoms with Crippen LogP contribution in [-0.2, 0) is 4.74 Å². The number of ether oxygens (including phenoxy) is 1. The van der Waals surface area contributed by atoms with E-state index in [2.05, 4.69) is 15.1 Å². The summed E-state index contributed by atoms with van der Waals surface area (Å²) >= 11 is 1.52. The summed E-state index contributed by atoms with van der Waals surface area (Å²) in [5, 5.41) is 5.49. The number of rotatable bonds is 5. The Morgan fingerprint density at radius 3 is 2.68 bits per heavy atom. The van der Waals surface area contributed by atoms with E-state index in [0.29, 0.717) is 39.7 Å². The fourth-order valence-corrected chi connectivity index (χ4v) is 3.41. The fraction of sp³-hybridized carbons (Fsp3) is 0.211. The van der Waals surface area contributed by atoms with Crippen LogP contribution in [-0.4, -0.2) is 42.5 Å². The van der Waals surface area contributed by atoms with Crippen LogP contribution in [0.1, 0.15) is 24.2 Å². The van der Waals surface area contributed by atoms with Crippen LogP contribution in [0.2, 0.25) is 0 Å². The third-order valence-corrected chi connectivity index (χ3v) is 4.86. The van der Waals surface area contributed by atoms with Crippen molar-refractivity contribution in [3.63, 3.8) is 0 Å². The Bertz CT molecular complexity index is 1230. The molecule has 0 N–H and O–H groups in total. The number of hydrogen-bond acceptors (Lipinski definition) is 7. The van der Waals surface area contributed by atoms with Gasteiger partial charge in [0.15, 0.2) is 0 Å². The molecule has 0 unspecified atom stereocenters. The molecule has 4 aromatic rings. The van der Waals surface area contributed by atoms with E-state index in [-0.39, 0.29) is 5.56 Å². The average Bonchev–Trinajstić information content (AvgIpc) is 3.12. The zero-order valence-corrected chi connectivity index (χ0v) is 16.1. The van der Waals surface area contributed by atoms with Crippen molar-refractivity contribution in [3.05, 3.63) is 58.6 Å². The highest BCUT2D eigenvalue weighted by atomic mass is 32.2. The molecule has 0 bridgehead atoms. The fourth-order valence-electron chi connectivity index (χ4n) is 2.87. The van der Waals surface area contributed by atoms with Crippen LogP contribution in [0.25, 0.3) is 22.4 Å². The highest BCUT2D eigenvalue weighted by Gasteiger charge is 2.13. The van der Waals surface area contributed by atoms with Gasteiger partial charge in [0.1, 0.15) is 0 Å². The molecule has 8 nitrogen and oxygen atoms in total. The molecule has 0 atom stereocenters. The Balaban J connectivity index is 1.78. The number of hydrogen-bond donors (Lipinski definition) is 0. The summed E-state index contributed by atoms with van der Waals surface area (Å²) in [5.41, 5.74) is 1.49. The maximum absolute atomic E-state index is 13.0. The van der Waals surface area contributed by atoms with Gasteiger partial charge in [0.05, 0.1) is 23.1 Å². The molecule has 4 rings (SSSR count). The van der Waals surface area contributed by atoms with E-state index >= 15 is 0 Å². The second-order valence-corrected chi connectivity index (χ2v) is 7.09. The number of carbonyl (C=O) groups is 1. The largest absolute Gasteiger partial charge is 0.462 e. The van der Waals surface area contributed by atoms with Gasteiger partial charge in [-0.1, -0.05) is 18.7 Å². The first-order valence-corrected chi connectivity index (χ1v) is 9.78. The molecule has 0 aliphatic rings. The van der Waals surface area contributed by atoms with Gasteiger partial charge in [0, 0.05) is 18.1 Å². The number of nitrogens with zero attached hydrogens (tertiary/aromatic N) is 5. The van der Waals surface area contributed by atoms with Crippen LogP contribution >= 0.6 is 11.8 Å². The van der Waals surface area contributed by atoms with E-state index in [1.807, 2.05) is 6.92 Å². The van der Waals surface area contributed by atoms with Crippen molar-refractivity contribution in [1.29, 1.82) is 0 Å². The van der Waals surface area contributed by atoms with Crippen molar-refractivity contribution in [3.8, 4) is 5.69 Å². The van der Waals surface area contributed by atoms with Crippen LogP contribution in [0.3, 0.4) is 0 Å². The SMILES string of the molecule is CCOC(=O)c1ccc(-n2ccc3c(cnc4nc(SCC)nn43)c2=O)cc1. The van der Waals surface area contributed by atoms with Crippen molar-refractivity contribution < 1.29 is 9.53 Å². The highest BCUT2D eigenvalue weighted by Crippen LogP contribution is 2.17. The lowest BCUT2D eigenvalue weighted by molar-refractivity contribution is 0.0526. The molecule has 0 fully saturated rings. The zero-order valence-electron chi connectivity index (χ0n) is 15.3. The molecule has 0 aliphatic carbocycles.